The summed E-state index contributed by atoms with van der Waals surface area (Å²) in [4.78, 5) is 29.4. The van der Waals surface area contributed by atoms with Crippen LogP contribution in [0.1, 0.15) is 26.0 Å². The molecule has 0 N–H and O–H groups in total. The van der Waals surface area contributed by atoms with Crippen LogP contribution in [0.4, 0.5) is 0 Å². The number of hydrogen-bond acceptors (Lipinski definition) is 7. The second-order valence-electron chi connectivity index (χ2n) is 7.26. The second-order valence-corrected chi connectivity index (χ2v) is 11.2. The molecule has 28 heavy (non-hydrogen) atoms. The van der Waals surface area contributed by atoms with Crippen LogP contribution in [0.15, 0.2) is 27.7 Å². The van der Waals surface area contributed by atoms with Gasteiger partial charge in [-0.1, -0.05) is 37.8 Å². The van der Waals surface area contributed by atoms with Crippen LogP contribution in [0.25, 0.3) is 6.08 Å². The highest BCUT2D eigenvalue weighted by molar-refractivity contribution is 8.26. The Morgan fingerprint density at radius 1 is 1.46 bits per heavy atom. The number of nitrogens with zero attached hydrogens (tertiary/aromatic N) is 2. The molecule has 3 rings (SSSR count). The highest BCUT2D eigenvalue weighted by atomic mass is 32.2. The summed E-state index contributed by atoms with van der Waals surface area (Å²) in [6.07, 6.45) is 3.53. The minimum absolute atomic E-state index is 0.0448. The number of sulfone groups is 1. The van der Waals surface area contributed by atoms with E-state index in [1.54, 1.807) is 25.3 Å². The van der Waals surface area contributed by atoms with E-state index in [1.807, 2.05) is 13.8 Å². The zero-order valence-corrected chi connectivity index (χ0v) is 18.3. The Kier molecular flexibility index (Phi) is 6.02. The molecule has 2 unspecified atom stereocenters. The van der Waals surface area contributed by atoms with Gasteiger partial charge in [-0.25, -0.2) is 8.42 Å². The van der Waals surface area contributed by atoms with Gasteiger partial charge in [0.15, 0.2) is 9.84 Å². The molecule has 2 fully saturated rings. The van der Waals surface area contributed by atoms with Crippen molar-refractivity contribution in [3.05, 3.63) is 29.1 Å². The minimum atomic E-state index is -3.12. The number of hydrogen-bond donors (Lipinski definition) is 0. The van der Waals surface area contributed by atoms with Crippen molar-refractivity contribution in [3.63, 3.8) is 0 Å². The molecule has 7 nitrogen and oxygen atoms in total. The monoisotopic (exact) mass is 442 g/mol. The highest BCUT2D eigenvalue weighted by Gasteiger charge is 2.44. The Bertz CT molecular complexity index is 921. The normalized spacial score (nSPS) is 24.4. The molecule has 1 aromatic heterocycles. The van der Waals surface area contributed by atoms with Gasteiger partial charge in [-0.15, -0.1) is 0 Å². The summed E-state index contributed by atoms with van der Waals surface area (Å²) in [7, 11) is -1.53. The first kappa shape index (κ1) is 21.1. The van der Waals surface area contributed by atoms with Crippen LogP contribution in [-0.4, -0.2) is 65.0 Å². The number of thiocarbonyl (C=S) groups is 1. The third-order valence-electron chi connectivity index (χ3n) is 4.91. The summed E-state index contributed by atoms with van der Waals surface area (Å²) in [5.74, 6) is -0.274. The number of carbonyl (C=O) groups is 2. The molecule has 2 atom stereocenters. The third kappa shape index (κ3) is 4.18. The molecule has 0 aromatic carbocycles. The summed E-state index contributed by atoms with van der Waals surface area (Å²) >= 11 is 6.52. The van der Waals surface area contributed by atoms with Crippen LogP contribution < -0.4 is 0 Å². The van der Waals surface area contributed by atoms with Gasteiger partial charge in [0.1, 0.15) is 16.1 Å². The molecule has 0 saturated carbocycles. The van der Waals surface area contributed by atoms with Crippen molar-refractivity contribution >= 4 is 56.0 Å². The van der Waals surface area contributed by atoms with Crippen molar-refractivity contribution in [2.75, 3.05) is 18.6 Å². The molecule has 0 spiro atoms. The van der Waals surface area contributed by atoms with Gasteiger partial charge in [0.25, 0.3) is 5.91 Å². The van der Waals surface area contributed by atoms with Crippen molar-refractivity contribution in [1.82, 2.24) is 9.80 Å². The Hall–Kier alpha value is -1.65. The summed E-state index contributed by atoms with van der Waals surface area (Å²) in [5, 5.41) is 0. The van der Waals surface area contributed by atoms with E-state index in [1.165, 1.54) is 16.1 Å². The predicted molar refractivity (Wildman–Crippen MR) is 112 cm³/mol. The molecule has 3 heterocycles. The second kappa shape index (κ2) is 8.00. The summed E-state index contributed by atoms with van der Waals surface area (Å²) in [6.45, 7) is 3.69. The predicted octanol–water partition coefficient (Wildman–Crippen LogP) is 2.15. The van der Waals surface area contributed by atoms with Gasteiger partial charge >= 0.3 is 0 Å². The van der Waals surface area contributed by atoms with Gasteiger partial charge in [0, 0.05) is 19.2 Å². The van der Waals surface area contributed by atoms with Crippen LogP contribution in [0.2, 0.25) is 0 Å². The number of thioether (sulfide) groups is 1. The molecule has 2 aliphatic heterocycles. The van der Waals surface area contributed by atoms with E-state index >= 15 is 0 Å². The summed E-state index contributed by atoms with van der Waals surface area (Å²) < 4.78 is 29.1. The number of likely N-dealkylation sites (N-methyl/N-ethyl adjacent to an activating group) is 1. The lowest BCUT2D eigenvalue weighted by Gasteiger charge is -2.34. The maximum absolute atomic E-state index is 13.2. The molecular formula is C18H22N2O5S3. The molecule has 0 bridgehead atoms. The van der Waals surface area contributed by atoms with E-state index in [-0.39, 0.29) is 35.3 Å². The fourth-order valence-corrected chi connectivity index (χ4v) is 6.47. The Balaban J connectivity index is 1.84. The van der Waals surface area contributed by atoms with Crippen LogP contribution in [0.3, 0.4) is 0 Å². The van der Waals surface area contributed by atoms with Gasteiger partial charge < -0.3 is 9.32 Å². The minimum Gasteiger partial charge on any atom is -0.465 e. The lowest BCUT2D eigenvalue weighted by Crippen LogP contribution is -2.54. The molecule has 2 saturated heterocycles. The maximum atomic E-state index is 13.2. The maximum Gasteiger partial charge on any atom is 0.267 e. The standard InChI is InChI=1S/C18H22N2O5S3/c1-11(2)15(17(22)19(3)12-6-8-28(23,24)10-12)20-16(21)14(27-18(20)26)9-13-5-4-7-25-13/h4-5,7,9,11-12,15H,6,8,10H2,1-3H3. The van der Waals surface area contributed by atoms with E-state index in [4.69, 9.17) is 16.6 Å². The number of rotatable bonds is 5. The van der Waals surface area contributed by atoms with E-state index < -0.39 is 15.9 Å². The van der Waals surface area contributed by atoms with E-state index in [9.17, 15) is 18.0 Å². The van der Waals surface area contributed by atoms with Crippen LogP contribution in [-0.2, 0) is 19.4 Å². The smallest absolute Gasteiger partial charge is 0.267 e. The molecule has 2 aliphatic rings. The molecule has 0 aliphatic carbocycles. The van der Waals surface area contributed by atoms with Crippen molar-refractivity contribution in [1.29, 1.82) is 0 Å². The average molecular weight is 443 g/mol. The van der Waals surface area contributed by atoms with Crippen molar-refractivity contribution in [2.24, 2.45) is 5.92 Å². The van der Waals surface area contributed by atoms with Crippen molar-refractivity contribution in [2.45, 2.75) is 32.4 Å². The van der Waals surface area contributed by atoms with Crippen LogP contribution in [0.5, 0.6) is 0 Å². The van der Waals surface area contributed by atoms with Crippen molar-refractivity contribution in [3.8, 4) is 0 Å². The number of carbonyl (C=O) groups excluding carboxylic acids is 2. The Labute approximate surface area is 174 Å². The first-order valence-electron chi connectivity index (χ1n) is 8.88. The highest BCUT2D eigenvalue weighted by Crippen LogP contribution is 2.36. The lowest BCUT2D eigenvalue weighted by molar-refractivity contribution is -0.141. The Morgan fingerprint density at radius 3 is 2.71 bits per heavy atom. The largest absolute Gasteiger partial charge is 0.465 e. The molecule has 1 aromatic rings. The fraction of sp³-hybridized carbons (Fsp3) is 0.500. The van der Waals surface area contributed by atoms with E-state index in [0.717, 1.165) is 11.8 Å². The molecule has 0 radical (unpaired) electrons. The molecular weight excluding hydrogens is 420 g/mol. The van der Waals surface area contributed by atoms with Crippen LogP contribution >= 0.6 is 24.0 Å². The summed E-state index contributed by atoms with van der Waals surface area (Å²) in [6, 6.07) is 2.28. The van der Waals surface area contributed by atoms with Gasteiger partial charge in [-0.05, 0) is 24.5 Å². The van der Waals surface area contributed by atoms with E-state index in [2.05, 4.69) is 0 Å². The van der Waals surface area contributed by atoms with Gasteiger partial charge in [0.2, 0.25) is 5.91 Å². The lowest BCUT2D eigenvalue weighted by atomic mass is 10.0. The molecule has 152 valence electrons. The van der Waals surface area contributed by atoms with Crippen molar-refractivity contribution < 1.29 is 22.4 Å². The summed E-state index contributed by atoms with van der Waals surface area (Å²) in [5.41, 5.74) is 0. The van der Waals surface area contributed by atoms with Crippen LogP contribution in [0, 0.1) is 5.92 Å². The average Bonchev–Trinajstić information content (AvgIpc) is 3.31. The number of amides is 2. The fourth-order valence-electron chi connectivity index (χ4n) is 3.39. The Morgan fingerprint density at radius 2 is 2.18 bits per heavy atom. The molecule has 10 heteroatoms. The van der Waals surface area contributed by atoms with Gasteiger partial charge in [0.05, 0.1) is 22.7 Å². The zero-order chi connectivity index (χ0) is 20.6. The first-order valence-corrected chi connectivity index (χ1v) is 11.9. The third-order valence-corrected chi connectivity index (χ3v) is 7.99. The zero-order valence-electron chi connectivity index (χ0n) is 15.8. The molecule has 2 amide bonds. The SMILES string of the molecule is CC(C)C(C(=O)N(C)C1CCS(=O)(=O)C1)N1C(=O)C(=Cc2ccco2)SC1=S. The first-order chi connectivity index (χ1) is 13.1. The topological polar surface area (TPSA) is 87.9 Å². The van der Waals surface area contributed by atoms with Gasteiger partial charge in [-0.3, -0.25) is 14.5 Å². The quantitative estimate of drug-likeness (QED) is 0.510. The van der Waals surface area contributed by atoms with Gasteiger partial charge in [-0.2, -0.15) is 0 Å². The number of furan rings is 1. The van der Waals surface area contributed by atoms with E-state index in [0.29, 0.717) is 21.4 Å².